The van der Waals surface area contributed by atoms with E-state index in [4.69, 9.17) is 14.9 Å². The lowest BCUT2D eigenvalue weighted by Gasteiger charge is -2.18. The van der Waals surface area contributed by atoms with Crippen LogP contribution in [-0.4, -0.2) is 59.3 Å². The van der Waals surface area contributed by atoms with Crippen LogP contribution < -0.4 is 10.6 Å². The molecule has 4 N–H and O–H groups in total. The number of amides is 2. The van der Waals surface area contributed by atoms with Gasteiger partial charge in [0, 0.05) is 12.8 Å². The molecule has 0 aliphatic rings. The Balaban J connectivity index is 4.15. The third-order valence-corrected chi connectivity index (χ3v) is 6.85. The highest BCUT2D eigenvalue weighted by molar-refractivity contribution is 5.87. The summed E-state index contributed by atoms with van der Waals surface area (Å²) in [5, 5.41) is 22.4. The van der Waals surface area contributed by atoms with E-state index in [0.29, 0.717) is 12.8 Å². The first-order valence-electron chi connectivity index (χ1n) is 15.4. The van der Waals surface area contributed by atoms with Gasteiger partial charge in [-0.25, -0.2) is 4.79 Å². The van der Waals surface area contributed by atoms with Crippen molar-refractivity contribution in [2.45, 2.75) is 154 Å². The lowest BCUT2D eigenvalue weighted by atomic mass is 10.0. The molecule has 2 amide bonds. The van der Waals surface area contributed by atoms with Gasteiger partial charge in [0.25, 0.3) is 0 Å². The van der Waals surface area contributed by atoms with Crippen LogP contribution in [0.15, 0.2) is 0 Å². The van der Waals surface area contributed by atoms with Crippen molar-refractivity contribution >= 4 is 23.8 Å². The summed E-state index contributed by atoms with van der Waals surface area (Å²) in [5.41, 5.74) is 0. The van der Waals surface area contributed by atoms with Crippen molar-refractivity contribution in [3.05, 3.63) is 0 Å². The molecule has 0 saturated carbocycles. The van der Waals surface area contributed by atoms with Gasteiger partial charge in [-0.05, 0) is 38.5 Å². The number of carboxylic acids is 1. The number of carbonyl (C=O) groups is 4. The van der Waals surface area contributed by atoms with Gasteiger partial charge in [0.2, 0.25) is 11.8 Å². The maximum absolute atomic E-state index is 12.4. The number of unbranched alkanes of at least 4 members (excludes halogenated alkanes) is 13. The molecule has 9 heteroatoms. The topological polar surface area (TPSA) is 142 Å². The minimum Gasteiger partial charge on any atom is -0.480 e. The normalized spacial score (nSPS) is 12.5. The van der Waals surface area contributed by atoms with Crippen LogP contribution in [0.1, 0.15) is 142 Å². The van der Waals surface area contributed by atoms with Crippen LogP contribution in [0.3, 0.4) is 0 Å². The number of ether oxygens (including phenoxy) is 1. The largest absolute Gasteiger partial charge is 0.480 e. The Hall–Kier alpha value is -2.16. The highest BCUT2D eigenvalue weighted by Crippen LogP contribution is 2.17. The molecule has 0 saturated heterocycles. The van der Waals surface area contributed by atoms with Crippen molar-refractivity contribution in [3.8, 4) is 0 Å². The van der Waals surface area contributed by atoms with E-state index in [0.717, 1.165) is 57.8 Å². The monoisotopic (exact) mass is 556 g/mol. The van der Waals surface area contributed by atoms with Crippen LogP contribution in [0.2, 0.25) is 0 Å². The van der Waals surface area contributed by atoms with E-state index >= 15 is 0 Å². The van der Waals surface area contributed by atoms with Gasteiger partial charge in [-0.1, -0.05) is 90.9 Å². The van der Waals surface area contributed by atoms with Crippen LogP contribution in [0.4, 0.5) is 0 Å². The lowest BCUT2D eigenvalue weighted by Crippen LogP contribution is -2.47. The van der Waals surface area contributed by atoms with Crippen LogP contribution >= 0.6 is 0 Å². The molecule has 2 unspecified atom stereocenters. The summed E-state index contributed by atoms with van der Waals surface area (Å²) in [7, 11) is 0. The highest BCUT2D eigenvalue weighted by atomic mass is 16.5. The van der Waals surface area contributed by atoms with E-state index in [2.05, 4.69) is 24.5 Å². The summed E-state index contributed by atoms with van der Waals surface area (Å²) in [5.74, 6) is -2.39. The molecular weight excluding hydrogens is 500 g/mol. The number of hydrogen-bond acceptors (Lipinski definition) is 6. The Morgan fingerprint density at radius 2 is 1.15 bits per heavy atom. The van der Waals surface area contributed by atoms with Crippen LogP contribution in [0, 0.1) is 0 Å². The molecule has 0 radical (unpaired) electrons. The molecule has 9 nitrogen and oxygen atoms in total. The Labute approximate surface area is 236 Å². The smallest absolute Gasteiger partial charge is 0.328 e. The number of aliphatic carboxylic acids is 1. The number of hydrogen-bond donors (Lipinski definition) is 4. The molecule has 0 aliphatic carbocycles. The maximum atomic E-state index is 12.4. The lowest BCUT2D eigenvalue weighted by molar-refractivity contribution is -0.150. The summed E-state index contributed by atoms with van der Waals surface area (Å²) in [6, 6.07) is -1.39. The average Bonchev–Trinajstić information content (AvgIpc) is 2.91. The van der Waals surface area contributed by atoms with Crippen LogP contribution in [-0.2, 0) is 23.9 Å². The first kappa shape index (κ1) is 36.8. The number of aliphatic hydroxyl groups excluding tert-OH is 1. The summed E-state index contributed by atoms with van der Waals surface area (Å²) < 4.78 is 5.83. The number of carboxylic acid groups (broad SMARTS) is 1. The van der Waals surface area contributed by atoms with Crippen molar-refractivity contribution < 1.29 is 34.1 Å². The Bertz CT molecular complexity index is 657. The summed E-state index contributed by atoms with van der Waals surface area (Å²) in [4.78, 5) is 46.9. The van der Waals surface area contributed by atoms with E-state index in [1.807, 2.05) is 0 Å². The summed E-state index contributed by atoms with van der Waals surface area (Å²) in [6.45, 7) is 3.35. The first-order valence-corrected chi connectivity index (χ1v) is 15.4. The fourth-order valence-electron chi connectivity index (χ4n) is 4.42. The quantitative estimate of drug-likeness (QED) is 0.0782. The molecule has 0 heterocycles. The fraction of sp³-hybridized carbons (Fsp3) is 0.867. The molecule has 0 aromatic rings. The zero-order valence-corrected chi connectivity index (χ0v) is 24.6. The standard InChI is InChI=1S/C30H56N2O7/c1-3-5-7-9-10-11-12-13-18-22-29(36)39-25(19-15-8-6-4-2)20-16-14-17-21-27(34)31-23-28(35)32-26(24-33)30(37)38/h25-26,33H,3-24H2,1-2H3,(H,31,34)(H,32,35)(H,37,38). The first-order chi connectivity index (χ1) is 18.8. The van der Waals surface area contributed by atoms with Gasteiger partial charge in [0.15, 0.2) is 0 Å². The Morgan fingerprint density at radius 3 is 1.69 bits per heavy atom. The SMILES string of the molecule is CCCCCCCCCCCC(=O)OC(CCCCCC)CCCCCC(=O)NCC(=O)NC(CO)C(=O)O. The second-order valence-corrected chi connectivity index (χ2v) is 10.6. The average molecular weight is 557 g/mol. The highest BCUT2D eigenvalue weighted by Gasteiger charge is 2.19. The van der Waals surface area contributed by atoms with E-state index in [1.165, 1.54) is 51.4 Å². The second-order valence-electron chi connectivity index (χ2n) is 10.6. The predicted octanol–water partition coefficient (Wildman–Crippen LogP) is 5.42. The zero-order valence-electron chi connectivity index (χ0n) is 24.6. The molecular formula is C30H56N2O7. The number of rotatable bonds is 27. The Kier molecular flexibility index (Phi) is 24.6. The van der Waals surface area contributed by atoms with E-state index < -0.39 is 24.5 Å². The predicted molar refractivity (Wildman–Crippen MR) is 153 cm³/mol. The zero-order chi connectivity index (χ0) is 29.1. The van der Waals surface area contributed by atoms with E-state index in [1.54, 1.807) is 0 Å². The summed E-state index contributed by atoms with van der Waals surface area (Å²) in [6.07, 6.45) is 20.1. The molecule has 2 atom stereocenters. The fourth-order valence-corrected chi connectivity index (χ4v) is 4.42. The molecule has 0 rings (SSSR count). The van der Waals surface area contributed by atoms with Crippen molar-refractivity contribution in [2.75, 3.05) is 13.2 Å². The van der Waals surface area contributed by atoms with E-state index in [9.17, 15) is 19.2 Å². The van der Waals surface area contributed by atoms with Gasteiger partial charge in [0.1, 0.15) is 12.1 Å². The third-order valence-electron chi connectivity index (χ3n) is 6.85. The van der Waals surface area contributed by atoms with Gasteiger partial charge in [0.05, 0.1) is 13.2 Å². The third kappa shape index (κ3) is 23.4. The van der Waals surface area contributed by atoms with Crippen LogP contribution in [0.5, 0.6) is 0 Å². The van der Waals surface area contributed by atoms with E-state index in [-0.39, 0.29) is 30.9 Å². The van der Waals surface area contributed by atoms with Crippen molar-refractivity contribution in [1.82, 2.24) is 10.6 Å². The molecule has 0 aliphatic heterocycles. The molecule has 0 spiro atoms. The second kappa shape index (κ2) is 26.1. The number of carbonyl (C=O) groups excluding carboxylic acids is 3. The molecule has 0 aromatic heterocycles. The molecule has 228 valence electrons. The number of esters is 1. The van der Waals surface area contributed by atoms with Crippen molar-refractivity contribution in [1.29, 1.82) is 0 Å². The minimum absolute atomic E-state index is 0.0702. The minimum atomic E-state index is -1.39. The molecule has 0 bridgehead atoms. The van der Waals surface area contributed by atoms with Gasteiger partial charge in [-0.15, -0.1) is 0 Å². The van der Waals surface area contributed by atoms with Crippen molar-refractivity contribution in [3.63, 3.8) is 0 Å². The Morgan fingerprint density at radius 1 is 0.667 bits per heavy atom. The van der Waals surface area contributed by atoms with Crippen LogP contribution in [0.25, 0.3) is 0 Å². The van der Waals surface area contributed by atoms with Gasteiger partial charge < -0.3 is 25.6 Å². The summed E-state index contributed by atoms with van der Waals surface area (Å²) >= 11 is 0. The number of nitrogens with one attached hydrogen (secondary N) is 2. The van der Waals surface area contributed by atoms with Gasteiger partial charge in [-0.2, -0.15) is 0 Å². The van der Waals surface area contributed by atoms with Gasteiger partial charge >= 0.3 is 11.9 Å². The number of aliphatic hydroxyl groups is 1. The molecule has 0 aromatic carbocycles. The molecule has 39 heavy (non-hydrogen) atoms. The van der Waals surface area contributed by atoms with Gasteiger partial charge in [-0.3, -0.25) is 14.4 Å². The van der Waals surface area contributed by atoms with Crippen molar-refractivity contribution in [2.24, 2.45) is 0 Å². The maximum Gasteiger partial charge on any atom is 0.328 e. The molecule has 0 fully saturated rings.